The third-order valence-corrected chi connectivity index (χ3v) is 4.69. The van der Waals surface area contributed by atoms with E-state index in [0.717, 1.165) is 16.9 Å². The van der Waals surface area contributed by atoms with Gasteiger partial charge in [0, 0.05) is 24.1 Å². The van der Waals surface area contributed by atoms with Crippen molar-refractivity contribution in [3.63, 3.8) is 0 Å². The van der Waals surface area contributed by atoms with E-state index in [9.17, 15) is 4.79 Å². The van der Waals surface area contributed by atoms with E-state index in [2.05, 4.69) is 10.3 Å². The number of hydrogen-bond acceptors (Lipinski definition) is 5. The molecule has 2 aromatic carbocycles. The molecule has 7 heteroatoms. The second-order valence-corrected chi connectivity index (χ2v) is 6.96. The van der Waals surface area contributed by atoms with Crippen molar-refractivity contribution in [3.05, 3.63) is 84.3 Å². The van der Waals surface area contributed by atoms with Gasteiger partial charge in [0.2, 0.25) is 0 Å². The molecule has 0 aliphatic carbocycles. The normalized spacial score (nSPS) is 10.6. The van der Waals surface area contributed by atoms with E-state index in [1.165, 1.54) is 0 Å². The minimum absolute atomic E-state index is 0.0890. The van der Waals surface area contributed by atoms with Gasteiger partial charge in [-0.15, -0.1) is 0 Å². The van der Waals surface area contributed by atoms with Gasteiger partial charge in [0.1, 0.15) is 18.0 Å². The van der Waals surface area contributed by atoms with Crippen LogP contribution >= 0.6 is 0 Å². The quantitative estimate of drug-likeness (QED) is 0.464. The van der Waals surface area contributed by atoms with E-state index < -0.39 is 0 Å². The van der Waals surface area contributed by atoms with Crippen LogP contribution in [0.4, 0.5) is 5.69 Å². The Morgan fingerprint density at radius 3 is 2.65 bits per heavy atom. The van der Waals surface area contributed by atoms with Crippen LogP contribution in [0, 0.1) is 6.92 Å². The molecule has 0 saturated carbocycles. The van der Waals surface area contributed by atoms with Crippen molar-refractivity contribution >= 4 is 17.2 Å². The first-order valence-electron chi connectivity index (χ1n) is 9.84. The highest BCUT2D eigenvalue weighted by molar-refractivity contribution is 5.92. The lowest BCUT2D eigenvalue weighted by molar-refractivity contribution is -0.118. The fraction of sp³-hybridized carbons (Fsp3) is 0.167. The molecule has 0 aliphatic rings. The van der Waals surface area contributed by atoms with E-state index in [4.69, 9.17) is 14.2 Å². The zero-order chi connectivity index (χ0) is 21.6. The number of fused-ring (bicyclic) bond motifs is 1. The molecular weight excluding hydrogens is 394 g/mol. The molecule has 7 nitrogen and oxygen atoms in total. The van der Waals surface area contributed by atoms with Gasteiger partial charge < -0.3 is 23.9 Å². The predicted molar refractivity (Wildman–Crippen MR) is 118 cm³/mol. The molecule has 4 aromatic rings. The summed E-state index contributed by atoms with van der Waals surface area (Å²) >= 11 is 0. The minimum Gasteiger partial charge on any atom is -0.493 e. The third-order valence-electron chi connectivity index (χ3n) is 4.69. The van der Waals surface area contributed by atoms with Gasteiger partial charge in [0.15, 0.2) is 18.1 Å². The topological polar surface area (TPSA) is 74.1 Å². The van der Waals surface area contributed by atoms with E-state index in [1.807, 2.05) is 66.2 Å². The average Bonchev–Trinajstić information content (AvgIpc) is 3.20. The number of hydrogen-bond donors (Lipinski definition) is 1. The SMILES string of the molecule is COc1ccc(NC(=O)COc2ccccc2C)cc1OCc1cn2ccccc2n1. The van der Waals surface area contributed by atoms with Crippen LogP contribution in [-0.2, 0) is 11.4 Å². The molecule has 0 radical (unpaired) electrons. The standard InChI is InChI=1S/C24H23N3O4/c1-17-7-3-4-8-20(17)31-16-24(28)26-18-10-11-21(29-2)22(13-18)30-15-19-14-27-12-6-5-9-23(27)25-19/h3-14H,15-16H2,1-2H3,(H,26,28). The van der Waals surface area contributed by atoms with E-state index >= 15 is 0 Å². The number of nitrogens with one attached hydrogen (secondary N) is 1. The summed E-state index contributed by atoms with van der Waals surface area (Å²) in [5, 5.41) is 2.82. The molecule has 158 valence electrons. The minimum atomic E-state index is -0.264. The number of benzene rings is 2. The Balaban J connectivity index is 1.40. The van der Waals surface area contributed by atoms with Gasteiger partial charge >= 0.3 is 0 Å². The highest BCUT2D eigenvalue weighted by Gasteiger charge is 2.11. The number of pyridine rings is 1. The zero-order valence-electron chi connectivity index (χ0n) is 17.4. The molecule has 0 unspecified atom stereocenters. The van der Waals surface area contributed by atoms with E-state index in [0.29, 0.717) is 22.9 Å². The first-order chi connectivity index (χ1) is 15.1. The van der Waals surface area contributed by atoms with Gasteiger partial charge in [-0.25, -0.2) is 4.98 Å². The lowest BCUT2D eigenvalue weighted by atomic mass is 10.2. The third kappa shape index (κ3) is 4.95. The monoisotopic (exact) mass is 417 g/mol. The van der Waals surface area contributed by atoms with E-state index in [1.54, 1.807) is 25.3 Å². The smallest absolute Gasteiger partial charge is 0.262 e. The Morgan fingerprint density at radius 1 is 1.00 bits per heavy atom. The number of carbonyl (C=O) groups excluding carboxylic acids is 1. The number of nitrogens with zero attached hydrogens (tertiary/aromatic N) is 2. The maximum absolute atomic E-state index is 12.3. The lowest BCUT2D eigenvalue weighted by Gasteiger charge is -2.13. The van der Waals surface area contributed by atoms with Gasteiger partial charge in [0.25, 0.3) is 5.91 Å². The van der Waals surface area contributed by atoms with Gasteiger partial charge in [-0.3, -0.25) is 4.79 Å². The number of para-hydroxylation sites is 1. The number of carbonyl (C=O) groups is 1. The molecule has 1 N–H and O–H groups in total. The molecule has 0 saturated heterocycles. The van der Waals surface area contributed by atoms with Crippen LogP contribution in [0.25, 0.3) is 5.65 Å². The van der Waals surface area contributed by atoms with Crippen molar-refractivity contribution in [3.8, 4) is 17.2 Å². The van der Waals surface area contributed by atoms with Crippen molar-refractivity contribution < 1.29 is 19.0 Å². The van der Waals surface area contributed by atoms with Crippen LogP contribution < -0.4 is 19.5 Å². The maximum atomic E-state index is 12.3. The summed E-state index contributed by atoms with van der Waals surface area (Å²) < 4.78 is 18.8. The summed E-state index contributed by atoms with van der Waals surface area (Å²) in [5.41, 5.74) is 3.20. The number of amides is 1. The first kappa shape index (κ1) is 20.3. The molecule has 1 amide bonds. The average molecular weight is 417 g/mol. The van der Waals surface area contributed by atoms with Crippen LogP contribution in [-0.4, -0.2) is 29.0 Å². The summed E-state index contributed by atoms with van der Waals surface area (Å²) in [6.45, 7) is 2.11. The van der Waals surface area contributed by atoms with E-state index in [-0.39, 0.29) is 19.1 Å². The molecule has 0 fully saturated rings. The van der Waals surface area contributed by atoms with Gasteiger partial charge in [-0.1, -0.05) is 24.3 Å². The number of rotatable bonds is 8. The number of imidazole rings is 1. The number of aromatic nitrogens is 2. The molecule has 31 heavy (non-hydrogen) atoms. The Labute approximate surface area is 180 Å². The molecule has 2 aromatic heterocycles. The lowest BCUT2D eigenvalue weighted by Crippen LogP contribution is -2.20. The Hall–Kier alpha value is -4.00. The summed E-state index contributed by atoms with van der Waals surface area (Å²) in [7, 11) is 1.57. The highest BCUT2D eigenvalue weighted by Crippen LogP contribution is 2.31. The van der Waals surface area contributed by atoms with Crippen molar-refractivity contribution in [1.29, 1.82) is 0 Å². The van der Waals surface area contributed by atoms with Gasteiger partial charge in [-0.05, 0) is 42.8 Å². The van der Waals surface area contributed by atoms with Crippen molar-refractivity contribution in [2.45, 2.75) is 13.5 Å². The summed E-state index contributed by atoms with van der Waals surface area (Å²) in [4.78, 5) is 16.8. The molecule has 0 spiro atoms. The van der Waals surface area contributed by atoms with Gasteiger partial charge in [-0.2, -0.15) is 0 Å². The molecule has 0 bridgehead atoms. The van der Waals surface area contributed by atoms with Gasteiger partial charge in [0.05, 0.1) is 12.8 Å². The Bertz CT molecular complexity index is 1170. The number of anilines is 1. The predicted octanol–water partition coefficient (Wildman–Crippen LogP) is 4.25. The van der Waals surface area contributed by atoms with Crippen LogP contribution in [0.5, 0.6) is 17.2 Å². The molecule has 4 rings (SSSR count). The summed E-state index contributed by atoms with van der Waals surface area (Å²) in [6, 6.07) is 18.6. The summed E-state index contributed by atoms with van der Waals surface area (Å²) in [5.74, 6) is 1.50. The molecule has 0 aliphatic heterocycles. The summed E-state index contributed by atoms with van der Waals surface area (Å²) in [6.07, 6.45) is 3.85. The molecular formula is C24H23N3O4. The Morgan fingerprint density at radius 2 is 1.84 bits per heavy atom. The van der Waals surface area contributed by atoms with Crippen LogP contribution in [0.2, 0.25) is 0 Å². The first-order valence-corrected chi connectivity index (χ1v) is 9.84. The van der Waals surface area contributed by atoms with Crippen molar-refractivity contribution in [1.82, 2.24) is 9.38 Å². The van der Waals surface area contributed by atoms with Crippen molar-refractivity contribution in [2.75, 3.05) is 19.0 Å². The van der Waals surface area contributed by atoms with Crippen LogP contribution in [0.15, 0.2) is 73.1 Å². The molecule has 0 atom stereocenters. The fourth-order valence-electron chi connectivity index (χ4n) is 3.13. The van der Waals surface area contributed by atoms with Crippen LogP contribution in [0.3, 0.4) is 0 Å². The van der Waals surface area contributed by atoms with Crippen LogP contribution in [0.1, 0.15) is 11.3 Å². The maximum Gasteiger partial charge on any atom is 0.262 e. The number of aryl methyl sites for hydroxylation is 1. The fourth-order valence-corrected chi connectivity index (χ4v) is 3.13. The van der Waals surface area contributed by atoms with Crippen molar-refractivity contribution in [2.24, 2.45) is 0 Å². The molecule has 2 heterocycles. The Kier molecular flexibility index (Phi) is 6.03. The zero-order valence-corrected chi connectivity index (χ0v) is 17.4. The number of methoxy groups -OCH3 is 1. The second kappa shape index (κ2) is 9.21. The highest BCUT2D eigenvalue weighted by atomic mass is 16.5. The second-order valence-electron chi connectivity index (χ2n) is 6.96. The number of ether oxygens (including phenoxy) is 3. The largest absolute Gasteiger partial charge is 0.493 e.